The lowest BCUT2D eigenvalue weighted by Crippen LogP contribution is -2.57. The highest BCUT2D eigenvalue weighted by atomic mass is 35.5. The van der Waals surface area contributed by atoms with E-state index in [4.69, 9.17) is 4.74 Å². The Morgan fingerprint density at radius 2 is 1.85 bits per heavy atom. The second-order valence-electron chi connectivity index (χ2n) is 6.18. The number of halogens is 3. The van der Waals surface area contributed by atoms with E-state index < -0.39 is 11.6 Å². The lowest BCUT2D eigenvalue weighted by atomic mass is 10.1. The average molecular weight is 383 g/mol. The quantitative estimate of drug-likeness (QED) is 0.872. The summed E-state index contributed by atoms with van der Waals surface area (Å²) in [5.74, 6) is -1.16. The van der Waals surface area contributed by atoms with Crippen LogP contribution in [-0.4, -0.2) is 36.0 Å². The SMILES string of the molecule is CC1NCCN(C(=O)c2ccc(Oc3ccc(F)cc3F)cc2)C1C.Cl. The zero-order valence-corrected chi connectivity index (χ0v) is 15.4. The van der Waals surface area contributed by atoms with Crippen molar-refractivity contribution in [3.8, 4) is 11.5 Å². The minimum atomic E-state index is -0.774. The average Bonchev–Trinajstić information content (AvgIpc) is 2.60. The van der Waals surface area contributed by atoms with E-state index in [9.17, 15) is 13.6 Å². The number of nitrogens with one attached hydrogen (secondary N) is 1. The molecule has 0 spiro atoms. The van der Waals surface area contributed by atoms with Crippen LogP contribution in [0.1, 0.15) is 24.2 Å². The molecule has 2 atom stereocenters. The first-order valence-corrected chi connectivity index (χ1v) is 8.23. The summed E-state index contributed by atoms with van der Waals surface area (Å²) >= 11 is 0. The number of ether oxygens (including phenoxy) is 1. The molecule has 0 aromatic heterocycles. The number of piperazine rings is 1. The Morgan fingerprint density at radius 1 is 1.15 bits per heavy atom. The molecule has 140 valence electrons. The van der Waals surface area contributed by atoms with Crippen molar-refractivity contribution in [2.75, 3.05) is 13.1 Å². The Kier molecular flexibility index (Phi) is 6.56. The molecular weight excluding hydrogens is 362 g/mol. The van der Waals surface area contributed by atoms with Gasteiger partial charge in [0, 0.05) is 36.8 Å². The first-order valence-electron chi connectivity index (χ1n) is 8.23. The Hall–Kier alpha value is -2.18. The first-order chi connectivity index (χ1) is 12.0. The summed E-state index contributed by atoms with van der Waals surface area (Å²) in [7, 11) is 0. The van der Waals surface area contributed by atoms with Crippen LogP contribution >= 0.6 is 12.4 Å². The highest BCUT2D eigenvalue weighted by Crippen LogP contribution is 2.25. The van der Waals surface area contributed by atoms with Gasteiger partial charge in [0.15, 0.2) is 11.6 Å². The van der Waals surface area contributed by atoms with Crippen LogP contribution in [0.3, 0.4) is 0 Å². The van der Waals surface area contributed by atoms with Crippen LogP contribution in [0.2, 0.25) is 0 Å². The molecule has 0 radical (unpaired) electrons. The Bertz CT molecular complexity index is 771. The minimum absolute atomic E-state index is 0. The molecule has 2 unspecified atom stereocenters. The van der Waals surface area contributed by atoms with Crippen molar-refractivity contribution in [3.05, 3.63) is 59.7 Å². The van der Waals surface area contributed by atoms with Gasteiger partial charge in [0.1, 0.15) is 11.6 Å². The van der Waals surface area contributed by atoms with E-state index in [1.165, 1.54) is 6.07 Å². The fourth-order valence-corrected chi connectivity index (χ4v) is 2.86. The molecule has 2 aromatic carbocycles. The van der Waals surface area contributed by atoms with Gasteiger partial charge in [0.05, 0.1) is 0 Å². The molecule has 26 heavy (non-hydrogen) atoms. The molecule has 7 heteroatoms. The van der Waals surface area contributed by atoms with Gasteiger partial charge in [-0.25, -0.2) is 8.78 Å². The summed E-state index contributed by atoms with van der Waals surface area (Å²) in [5.41, 5.74) is 0.549. The summed E-state index contributed by atoms with van der Waals surface area (Å²) in [6, 6.07) is 9.97. The number of carbonyl (C=O) groups excluding carboxylic acids is 1. The number of carbonyl (C=O) groups is 1. The minimum Gasteiger partial charge on any atom is -0.454 e. The molecule has 3 rings (SSSR count). The molecule has 0 aliphatic carbocycles. The second kappa shape index (κ2) is 8.47. The third-order valence-corrected chi connectivity index (χ3v) is 4.52. The Labute approximate surface area is 157 Å². The molecule has 4 nitrogen and oxygen atoms in total. The second-order valence-corrected chi connectivity index (χ2v) is 6.18. The van der Waals surface area contributed by atoms with Crippen molar-refractivity contribution in [2.45, 2.75) is 25.9 Å². The van der Waals surface area contributed by atoms with Gasteiger partial charge < -0.3 is 15.0 Å². The summed E-state index contributed by atoms with van der Waals surface area (Å²) < 4.78 is 32.0. The molecule has 0 bridgehead atoms. The summed E-state index contributed by atoms with van der Waals surface area (Å²) in [4.78, 5) is 14.5. The summed E-state index contributed by atoms with van der Waals surface area (Å²) in [6.45, 7) is 5.49. The monoisotopic (exact) mass is 382 g/mol. The highest BCUT2D eigenvalue weighted by molar-refractivity contribution is 5.94. The predicted octanol–water partition coefficient (Wildman–Crippen LogP) is 4.00. The normalized spacial score (nSPS) is 19.6. The van der Waals surface area contributed by atoms with E-state index in [1.807, 2.05) is 11.8 Å². The maximum absolute atomic E-state index is 13.6. The van der Waals surface area contributed by atoms with Gasteiger partial charge in [0.2, 0.25) is 0 Å². The van der Waals surface area contributed by atoms with E-state index in [0.29, 0.717) is 17.9 Å². The van der Waals surface area contributed by atoms with Crippen LogP contribution < -0.4 is 10.1 Å². The van der Waals surface area contributed by atoms with Crippen molar-refractivity contribution in [2.24, 2.45) is 0 Å². The molecule has 1 aliphatic rings. The largest absolute Gasteiger partial charge is 0.454 e. The Balaban J connectivity index is 0.00000243. The standard InChI is InChI=1S/C19H20F2N2O2.ClH/c1-12-13(2)23(10-9-22-12)19(24)14-3-6-16(7-4-14)25-18-8-5-15(20)11-17(18)21;/h3-8,11-13,22H,9-10H2,1-2H3;1H. The zero-order valence-electron chi connectivity index (χ0n) is 14.5. The molecule has 1 heterocycles. The van der Waals surface area contributed by atoms with E-state index in [0.717, 1.165) is 18.7 Å². The lowest BCUT2D eigenvalue weighted by Gasteiger charge is -2.38. The van der Waals surface area contributed by atoms with E-state index in [1.54, 1.807) is 24.3 Å². The first kappa shape index (κ1) is 20.1. The highest BCUT2D eigenvalue weighted by Gasteiger charge is 2.28. The molecule has 1 saturated heterocycles. The van der Waals surface area contributed by atoms with E-state index >= 15 is 0 Å². The molecule has 1 aliphatic heterocycles. The molecule has 0 saturated carbocycles. The van der Waals surface area contributed by atoms with E-state index in [-0.39, 0.29) is 36.1 Å². The number of benzene rings is 2. The molecule has 1 amide bonds. The number of nitrogens with zero attached hydrogens (tertiary/aromatic N) is 1. The molecule has 1 fully saturated rings. The predicted molar refractivity (Wildman–Crippen MR) is 98.1 cm³/mol. The fraction of sp³-hybridized carbons (Fsp3) is 0.316. The number of rotatable bonds is 3. The van der Waals surface area contributed by atoms with Crippen molar-refractivity contribution in [3.63, 3.8) is 0 Å². The van der Waals surface area contributed by atoms with Gasteiger partial charge in [-0.3, -0.25) is 4.79 Å². The summed E-state index contributed by atoms with van der Waals surface area (Å²) in [6.07, 6.45) is 0. The van der Waals surface area contributed by atoms with Gasteiger partial charge in [-0.2, -0.15) is 0 Å². The van der Waals surface area contributed by atoms with Crippen molar-refractivity contribution < 1.29 is 18.3 Å². The van der Waals surface area contributed by atoms with Crippen LogP contribution in [-0.2, 0) is 0 Å². The summed E-state index contributed by atoms with van der Waals surface area (Å²) in [5, 5.41) is 3.34. The van der Waals surface area contributed by atoms with Gasteiger partial charge in [-0.15, -0.1) is 12.4 Å². The number of amides is 1. The third-order valence-electron chi connectivity index (χ3n) is 4.52. The van der Waals surface area contributed by atoms with Crippen LogP contribution in [0.4, 0.5) is 8.78 Å². The Morgan fingerprint density at radius 3 is 2.50 bits per heavy atom. The van der Waals surface area contributed by atoms with Crippen LogP contribution in [0.5, 0.6) is 11.5 Å². The van der Waals surface area contributed by atoms with Crippen LogP contribution in [0.25, 0.3) is 0 Å². The van der Waals surface area contributed by atoms with Gasteiger partial charge in [-0.1, -0.05) is 0 Å². The van der Waals surface area contributed by atoms with Crippen molar-refractivity contribution >= 4 is 18.3 Å². The van der Waals surface area contributed by atoms with Crippen molar-refractivity contribution in [1.29, 1.82) is 0 Å². The van der Waals surface area contributed by atoms with Gasteiger partial charge >= 0.3 is 0 Å². The van der Waals surface area contributed by atoms with Gasteiger partial charge in [-0.05, 0) is 50.2 Å². The zero-order chi connectivity index (χ0) is 18.0. The van der Waals surface area contributed by atoms with Gasteiger partial charge in [0.25, 0.3) is 5.91 Å². The molecule has 1 N–H and O–H groups in total. The smallest absolute Gasteiger partial charge is 0.254 e. The van der Waals surface area contributed by atoms with Crippen molar-refractivity contribution in [1.82, 2.24) is 10.2 Å². The molecule has 2 aromatic rings. The van der Waals surface area contributed by atoms with Crippen LogP contribution in [0.15, 0.2) is 42.5 Å². The van der Waals surface area contributed by atoms with Crippen LogP contribution in [0, 0.1) is 11.6 Å². The topological polar surface area (TPSA) is 41.6 Å². The number of hydrogen-bond donors (Lipinski definition) is 1. The lowest BCUT2D eigenvalue weighted by molar-refractivity contribution is 0.0603. The maximum atomic E-state index is 13.6. The van der Waals surface area contributed by atoms with E-state index in [2.05, 4.69) is 12.2 Å². The third kappa shape index (κ3) is 4.31. The fourth-order valence-electron chi connectivity index (χ4n) is 2.86. The number of hydrogen-bond acceptors (Lipinski definition) is 3. The molecular formula is C19H21ClF2N2O2. The maximum Gasteiger partial charge on any atom is 0.254 e.